The zero-order valence-electron chi connectivity index (χ0n) is 10.9. The third kappa shape index (κ3) is 2.09. The molecule has 2 atom stereocenters. The molecule has 1 heterocycles. The Kier molecular flexibility index (Phi) is 3.32. The Morgan fingerprint density at radius 1 is 1.28 bits per heavy atom. The molecule has 18 heavy (non-hydrogen) atoms. The Bertz CT molecular complexity index is 572. The van der Waals surface area contributed by atoms with Gasteiger partial charge in [-0.05, 0) is 24.5 Å². The minimum atomic E-state index is -3.22. The van der Waals surface area contributed by atoms with E-state index in [1.807, 2.05) is 26.0 Å². The molecule has 0 fully saturated rings. The summed E-state index contributed by atoms with van der Waals surface area (Å²) in [7, 11) is -3.22. The monoisotopic (exact) mass is 266 g/mol. The van der Waals surface area contributed by atoms with Crippen molar-refractivity contribution in [3.05, 3.63) is 29.8 Å². The van der Waals surface area contributed by atoms with Crippen LogP contribution in [0.5, 0.6) is 0 Å². The van der Waals surface area contributed by atoms with Crippen LogP contribution in [-0.2, 0) is 14.6 Å². The standard InChI is InChI=1S/C14H18O3S/c1-9(2)14(10(3)15)12-8-18(16,17)13-7-5-4-6-11(12)13/h4-7,9,12,14H,8H2,1-3H3. The lowest BCUT2D eigenvalue weighted by molar-refractivity contribution is -0.122. The Labute approximate surface area is 108 Å². The third-order valence-corrected chi connectivity index (χ3v) is 5.51. The molecule has 98 valence electrons. The number of sulfone groups is 1. The number of Topliss-reactive ketones (excluding diaryl/α,β-unsaturated/α-hetero) is 1. The van der Waals surface area contributed by atoms with Crippen LogP contribution in [0.2, 0.25) is 0 Å². The highest BCUT2D eigenvalue weighted by molar-refractivity contribution is 7.91. The molecule has 1 aromatic carbocycles. The zero-order valence-corrected chi connectivity index (χ0v) is 11.7. The van der Waals surface area contributed by atoms with Crippen molar-refractivity contribution < 1.29 is 13.2 Å². The lowest BCUT2D eigenvalue weighted by Gasteiger charge is -2.24. The number of hydrogen-bond acceptors (Lipinski definition) is 3. The van der Waals surface area contributed by atoms with Crippen LogP contribution in [0.1, 0.15) is 32.3 Å². The molecule has 2 unspecified atom stereocenters. The van der Waals surface area contributed by atoms with Gasteiger partial charge in [-0.15, -0.1) is 0 Å². The van der Waals surface area contributed by atoms with Crippen molar-refractivity contribution >= 4 is 15.6 Å². The first-order valence-corrected chi connectivity index (χ1v) is 7.82. The van der Waals surface area contributed by atoms with Crippen LogP contribution in [-0.4, -0.2) is 20.0 Å². The van der Waals surface area contributed by atoms with Crippen molar-refractivity contribution in [1.29, 1.82) is 0 Å². The molecule has 2 rings (SSSR count). The van der Waals surface area contributed by atoms with Crippen LogP contribution >= 0.6 is 0 Å². The van der Waals surface area contributed by atoms with Crippen molar-refractivity contribution in [3.63, 3.8) is 0 Å². The highest BCUT2D eigenvalue weighted by Gasteiger charge is 2.41. The van der Waals surface area contributed by atoms with Gasteiger partial charge in [0.1, 0.15) is 5.78 Å². The summed E-state index contributed by atoms with van der Waals surface area (Å²) in [5.74, 6) is -0.128. The van der Waals surface area contributed by atoms with E-state index in [4.69, 9.17) is 0 Å². The first-order valence-electron chi connectivity index (χ1n) is 6.16. The molecular formula is C14H18O3S. The van der Waals surface area contributed by atoms with Gasteiger partial charge in [-0.2, -0.15) is 0 Å². The maximum atomic E-state index is 12.1. The van der Waals surface area contributed by atoms with Gasteiger partial charge in [0.25, 0.3) is 0 Å². The van der Waals surface area contributed by atoms with E-state index in [-0.39, 0.29) is 29.3 Å². The Morgan fingerprint density at radius 3 is 2.44 bits per heavy atom. The Morgan fingerprint density at radius 2 is 1.89 bits per heavy atom. The van der Waals surface area contributed by atoms with Gasteiger partial charge in [-0.1, -0.05) is 32.0 Å². The average Bonchev–Trinajstić information content (AvgIpc) is 2.51. The third-order valence-electron chi connectivity index (χ3n) is 3.67. The molecule has 1 aromatic rings. The molecule has 0 aliphatic carbocycles. The van der Waals surface area contributed by atoms with Crippen molar-refractivity contribution in [2.45, 2.75) is 31.6 Å². The first kappa shape index (κ1) is 13.3. The van der Waals surface area contributed by atoms with Crippen molar-refractivity contribution in [1.82, 2.24) is 0 Å². The minimum Gasteiger partial charge on any atom is -0.300 e. The van der Waals surface area contributed by atoms with Crippen molar-refractivity contribution in [3.8, 4) is 0 Å². The summed E-state index contributed by atoms with van der Waals surface area (Å²) in [6.45, 7) is 5.50. The van der Waals surface area contributed by atoms with Crippen LogP contribution < -0.4 is 0 Å². The summed E-state index contributed by atoms with van der Waals surface area (Å²) < 4.78 is 24.2. The Hall–Kier alpha value is -1.16. The second-order valence-corrected chi connectivity index (χ2v) is 7.31. The number of fused-ring (bicyclic) bond motifs is 1. The van der Waals surface area contributed by atoms with Crippen molar-refractivity contribution in [2.75, 3.05) is 5.75 Å². The summed E-state index contributed by atoms with van der Waals surface area (Å²) in [4.78, 5) is 12.2. The molecule has 1 aliphatic rings. The van der Waals surface area contributed by atoms with Crippen LogP contribution in [0.3, 0.4) is 0 Å². The number of carbonyl (C=O) groups excluding carboxylic acids is 1. The predicted molar refractivity (Wildman–Crippen MR) is 70.2 cm³/mol. The molecule has 0 N–H and O–H groups in total. The van der Waals surface area contributed by atoms with E-state index >= 15 is 0 Å². The topological polar surface area (TPSA) is 51.2 Å². The maximum absolute atomic E-state index is 12.1. The second-order valence-electron chi connectivity index (χ2n) is 5.31. The van der Waals surface area contributed by atoms with E-state index in [0.29, 0.717) is 4.90 Å². The molecule has 0 spiro atoms. The van der Waals surface area contributed by atoms with Crippen molar-refractivity contribution in [2.24, 2.45) is 11.8 Å². The van der Waals surface area contributed by atoms with Gasteiger partial charge in [0.15, 0.2) is 9.84 Å². The quantitative estimate of drug-likeness (QED) is 0.844. The van der Waals surface area contributed by atoms with Gasteiger partial charge in [0.2, 0.25) is 0 Å². The average molecular weight is 266 g/mol. The van der Waals surface area contributed by atoms with Gasteiger partial charge in [0, 0.05) is 11.8 Å². The summed E-state index contributed by atoms with van der Waals surface area (Å²) in [6, 6.07) is 7.05. The molecule has 0 saturated heterocycles. The number of hydrogen-bond donors (Lipinski definition) is 0. The van der Waals surface area contributed by atoms with Gasteiger partial charge in [0.05, 0.1) is 10.6 Å². The fourth-order valence-corrected chi connectivity index (χ4v) is 4.90. The van der Waals surface area contributed by atoms with E-state index < -0.39 is 9.84 Å². The van der Waals surface area contributed by atoms with Gasteiger partial charge in [-0.3, -0.25) is 4.79 Å². The lowest BCUT2D eigenvalue weighted by atomic mass is 9.78. The van der Waals surface area contributed by atoms with E-state index in [2.05, 4.69) is 0 Å². The highest BCUT2D eigenvalue weighted by atomic mass is 32.2. The lowest BCUT2D eigenvalue weighted by Crippen LogP contribution is -2.26. The molecule has 0 amide bonds. The fraction of sp³-hybridized carbons (Fsp3) is 0.500. The van der Waals surface area contributed by atoms with E-state index in [9.17, 15) is 13.2 Å². The maximum Gasteiger partial charge on any atom is 0.179 e. The van der Waals surface area contributed by atoms with Gasteiger partial charge in [-0.25, -0.2) is 8.42 Å². The number of ketones is 1. The van der Waals surface area contributed by atoms with E-state index in [0.717, 1.165) is 5.56 Å². The smallest absolute Gasteiger partial charge is 0.179 e. The number of benzene rings is 1. The largest absolute Gasteiger partial charge is 0.300 e. The molecule has 4 heteroatoms. The van der Waals surface area contributed by atoms with Crippen LogP contribution in [0.25, 0.3) is 0 Å². The fourth-order valence-electron chi connectivity index (χ4n) is 3.00. The molecule has 0 radical (unpaired) electrons. The molecule has 0 saturated carbocycles. The first-order chi connectivity index (χ1) is 8.34. The SMILES string of the molecule is CC(=O)C(C(C)C)C1CS(=O)(=O)c2ccccc21. The van der Waals surface area contributed by atoms with E-state index in [1.165, 1.54) is 0 Å². The molecule has 1 aliphatic heterocycles. The van der Waals surface area contributed by atoms with E-state index in [1.54, 1.807) is 19.1 Å². The molecule has 0 bridgehead atoms. The van der Waals surface area contributed by atoms with Crippen LogP contribution in [0.15, 0.2) is 29.2 Å². The molecular weight excluding hydrogens is 248 g/mol. The second kappa shape index (κ2) is 4.50. The minimum absolute atomic E-state index is 0.0643. The predicted octanol–water partition coefficient (Wildman–Crippen LogP) is 2.42. The normalized spacial score (nSPS) is 22.8. The van der Waals surface area contributed by atoms with Crippen LogP contribution in [0, 0.1) is 11.8 Å². The molecule has 0 aromatic heterocycles. The summed E-state index contributed by atoms with van der Waals surface area (Å²) in [5, 5.41) is 0. The van der Waals surface area contributed by atoms with Crippen LogP contribution in [0.4, 0.5) is 0 Å². The Balaban J connectivity index is 2.53. The summed E-state index contributed by atoms with van der Waals surface area (Å²) >= 11 is 0. The summed E-state index contributed by atoms with van der Waals surface area (Å²) in [6.07, 6.45) is 0. The van der Waals surface area contributed by atoms with Gasteiger partial charge < -0.3 is 0 Å². The summed E-state index contributed by atoms with van der Waals surface area (Å²) in [5.41, 5.74) is 0.811. The zero-order chi connectivity index (χ0) is 13.5. The number of rotatable bonds is 3. The highest BCUT2D eigenvalue weighted by Crippen LogP contribution is 2.42. The number of carbonyl (C=O) groups is 1. The molecule has 3 nitrogen and oxygen atoms in total. The van der Waals surface area contributed by atoms with Gasteiger partial charge >= 0.3 is 0 Å².